The van der Waals surface area contributed by atoms with E-state index >= 15 is 0 Å². The molecule has 438 valence electrons. The van der Waals surface area contributed by atoms with Gasteiger partial charge in [0, 0.05) is 30.1 Å². The molecule has 9 aliphatic rings. The Balaban J connectivity index is 0.797. The quantitative estimate of drug-likeness (QED) is 0.0645. The Morgan fingerprint density at radius 1 is 0.605 bits per heavy atom. The molecule has 0 amide bonds. The topological polar surface area (TPSA) is 404 Å². The average molecular weight is 1100 g/mol. The van der Waals surface area contributed by atoms with Crippen molar-refractivity contribution in [2.24, 2.45) is 52.3 Å². The highest BCUT2D eigenvalue weighted by Gasteiger charge is 2.71. The van der Waals surface area contributed by atoms with Gasteiger partial charge in [-0.25, -0.2) is 0 Å². The van der Waals surface area contributed by atoms with Gasteiger partial charge in [-0.15, -0.1) is 0 Å². The van der Waals surface area contributed by atoms with Crippen LogP contribution in [0, 0.1) is 52.3 Å². The second-order valence-electron chi connectivity index (χ2n) is 24.1. The number of aliphatic hydroxyl groups excluding tert-OH is 14. The SMILES string of the molecule is C[C@H](CC[C@@]1(O)O[C@H]2C[C@H]3[C@@H]4CC[C@H]5C[C@@H](O[C@@H]6O[C@H](CO)[C@H](O[C@@H]7O[C@H](CO)[C@@H](O)[C@H](O)[C@H]7O[C@@H]7O[C@H](CO)[C@H](O)[C@H](O)[C@H]7O)[C@H](O)[C@H]6O)CC[C@]5(C)[C@H]4CC(=O)[C@]3(C)[C@H]2[C@@H]1C)CO[C@@H]1O[C@H](CO)[C@@H](O)[C@H](O)[C@H]1O. The van der Waals surface area contributed by atoms with Crippen molar-refractivity contribution in [2.75, 3.05) is 33.0 Å². The fraction of sp³-hybridized carbons (Fsp3) is 0.980. The third kappa shape index (κ3) is 10.4. The summed E-state index contributed by atoms with van der Waals surface area (Å²) < 4.78 is 53.2. The monoisotopic (exact) mass is 1100 g/mol. The Bertz CT molecular complexity index is 1950. The van der Waals surface area contributed by atoms with Crippen molar-refractivity contribution in [3.63, 3.8) is 0 Å². The number of ketones is 1. The van der Waals surface area contributed by atoms with Crippen molar-refractivity contribution >= 4 is 5.78 Å². The van der Waals surface area contributed by atoms with Gasteiger partial charge in [0.1, 0.15) is 103 Å². The summed E-state index contributed by atoms with van der Waals surface area (Å²) in [6.45, 7) is 5.33. The van der Waals surface area contributed by atoms with Crippen LogP contribution in [0.2, 0.25) is 0 Å². The molecule has 5 heterocycles. The molecule has 5 saturated heterocycles. The summed E-state index contributed by atoms with van der Waals surface area (Å²) in [6.07, 6.45) is -27.9. The highest BCUT2D eigenvalue weighted by atomic mass is 16.8. The van der Waals surface area contributed by atoms with E-state index in [2.05, 4.69) is 13.8 Å². The van der Waals surface area contributed by atoms with E-state index < -0.39 is 167 Å². The number of Topliss-reactive ketones (excluding diaryl/α,β-unsaturated/α-hetero) is 1. The highest BCUT2D eigenvalue weighted by Crippen LogP contribution is 2.70. The van der Waals surface area contributed by atoms with Gasteiger partial charge in [-0.3, -0.25) is 4.79 Å². The second kappa shape index (κ2) is 23.2. The van der Waals surface area contributed by atoms with Gasteiger partial charge >= 0.3 is 0 Å². The zero-order chi connectivity index (χ0) is 55.1. The second-order valence-corrected chi connectivity index (χ2v) is 24.1. The van der Waals surface area contributed by atoms with E-state index in [-0.39, 0.29) is 71.8 Å². The molecule has 25 nitrogen and oxygen atoms in total. The largest absolute Gasteiger partial charge is 0.394 e. The molecule has 76 heavy (non-hydrogen) atoms. The summed E-state index contributed by atoms with van der Waals surface area (Å²) in [6, 6.07) is 0. The van der Waals surface area contributed by atoms with Crippen LogP contribution >= 0.6 is 0 Å². The predicted molar refractivity (Wildman–Crippen MR) is 252 cm³/mol. The molecule has 32 atom stereocenters. The maximum atomic E-state index is 14.8. The number of fused-ring (bicyclic) bond motifs is 7. The van der Waals surface area contributed by atoms with Crippen LogP contribution in [0.5, 0.6) is 0 Å². The molecule has 0 aromatic heterocycles. The number of hydrogen-bond acceptors (Lipinski definition) is 25. The van der Waals surface area contributed by atoms with Crippen molar-refractivity contribution in [1.82, 2.24) is 0 Å². The van der Waals surface area contributed by atoms with Crippen LogP contribution in [-0.4, -0.2) is 256 Å². The van der Waals surface area contributed by atoms with Crippen LogP contribution in [-0.2, 0) is 47.4 Å². The Kier molecular flexibility index (Phi) is 18.1. The average Bonchev–Trinajstić information content (AvgIpc) is 3.85. The van der Waals surface area contributed by atoms with Crippen molar-refractivity contribution < 1.29 is 124 Å². The zero-order valence-electron chi connectivity index (χ0n) is 43.4. The number of hydrogen-bond donors (Lipinski definition) is 15. The molecule has 0 spiro atoms. The van der Waals surface area contributed by atoms with Gasteiger partial charge in [0.25, 0.3) is 0 Å². The fourth-order valence-corrected chi connectivity index (χ4v) is 15.3. The van der Waals surface area contributed by atoms with E-state index in [0.29, 0.717) is 38.5 Å². The first-order valence-electron chi connectivity index (χ1n) is 27.3. The first kappa shape index (κ1) is 59.3. The first-order chi connectivity index (χ1) is 35.9. The minimum absolute atomic E-state index is 0.0487. The van der Waals surface area contributed by atoms with E-state index in [9.17, 15) is 81.4 Å². The first-order valence-corrected chi connectivity index (χ1v) is 27.3. The Morgan fingerprint density at radius 2 is 1.13 bits per heavy atom. The van der Waals surface area contributed by atoms with Crippen LogP contribution in [0.15, 0.2) is 0 Å². The number of rotatable bonds is 16. The van der Waals surface area contributed by atoms with Crippen LogP contribution in [0.4, 0.5) is 0 Å². The lowest BCUT2D eigenvalue weighted by molar-refractivity contribution is -0.390. The lowest BCUT2D eigenvalue weighted by Crippen LogP contribution is -2.67. The number of carbonyl (C=O) groups excluding carboxylic acids is 1. The Morgan fingerprint density at radius 3 is 1.76 bits per heavy atom. The van der Waals surface area contributed by atoms with E-state index in [1.807, 2.05) is 13.8 Å². The molecule has 0 bridgehead atoms. The standard InChI is InChI=1S/C51H84O25/c1-19(18-68-45-40(64)36(60)33(57)27(14-52)70-45)7-10-51(67)20(2)32-26(76-51)12-25-23-6-5-21-11-22(8-9-49(21,3)24(23)13-31(56)50(25,32)4)69-46-42(66)39(63)43(30(17-55)73-46)74-48-44(38(62)35(59)29(16-54)72-48)75-47-41(65)37(61)34(58)28(15-53)71-47/h19-30,32-48,52-55,57-67H,5-18H2,1-4H3/t19-,20+,21+,22+,23-,24+,25+,26+,27-,28-,29-,30-,32+,33-,34+,35-,36+,37+,38+,39-,40-,41-,42-,43+,44-,45-,46-,47+,48+,49+,50-,51-/m1/s1. The molecule has 5 aliphatic heterocycles. The summed E-state index contributed by atoms with van der Waals surface area (Å²) in [7, 11) is 0. The smallest absolute Gasteiger partial charge is 0.187 e. The van der Waals surface area contributed by atoms with Crippen molar-refractivity contribution in [2.45, 2.75) is 226 Å². The summed E-state index contributed by atoms with van der Waals surface area (Å²) >= 11 is 0. The van der Waals surface area contributed by atoms with Crippen molar-refractivity contribution in [3.05, 3.63) is 0 Å². The summed E-state index contributed by atoms with van der Waals surface area (Å²) in [5.41, 5.74) is -0.935. The van der Waals surface area contributed by atoms with Gasteiger partial charge in [-0.05, 0) is 80.0 Å². The molecule has 4 saturated carbocycles. The van der Waals surface area contributed by atoms with Gasteiger partial charge < -0.3 is 119 Å². The molecule has 0 aromatic carbocycles. The molecule has 9 fully saturated rings. The lowest BCUT2D eigenvalue weighted by Gasteiger charge is -2.60. The minimum atomic E-state index is -1.93. The summed E-state index contributed by atoms with van der Waals surface area (Å²) in [5, 5.41) is 159. The number of carbonyl (C=O) groups is 1. The number of ether oxygens (including phenoxy) is 9. The Labute approximate surface area is 440 Å². The van der Waals surface area contributed by atoms with Crippen LogP contribution in [0.3, 0.4) is 0 Å². The summed E-state index contributed by atoms with van der Waals surface area (Å²) in [5.74, 6) is -1.50. The molecular formula is C51H84O25. The fourth-order valence-electron chi connectivity index (χ4n) is 15.3. The molecule has 0 radical (unpaired) electrons. The molecule has 15 N–H and O–H groups in total. The molecule has 9 rings (SSSR count). The summed E-state index contributed by atoms with van der Waals surface area (Å²) in [4.78, 5) is 14.8. The molecule has 4 aliphatic carbocycles. The van der Waals surface area contributed by atoms with Gasteiger partial charge in [0.2, 0.25) is 0 Å². The van der Waals surface area contributed by atoms with Crippen molar-refractivity contribution in [3.8, 4) is 0 Å². The Hall–Kier alpha value is -1.29. The van der Waals surface area contributed by atoms with E-state index in [1.165, 1.54) is 0 Å². The predicted octanol–water partition coefficient (Wildman–Crippen LogP) is -4.78. The van der Waals surface area contributed by atoms with Crippen LogP contribution < -0.4 is 0 Å². The third-order valence-corrected chi connectivity index (χ3v) is 20.0. The normalized spacial score (nSPS) is 54.9. The zero-order valence-corrected chi connectivity index (χ0v) is 43.4. The van der Waals surface area contributed by atoms with Gasteiger partial charge in [-0.2, -0.15) is 0 Å². The van der Waals surface area contributed by atoms with Gasteiger partial charge in [-0.1, -0.05) is 27.7 Å². The lowest BCUT2D eigenvalue weighted by atomic mass is 9.44. The molecular weight excluding hydrogens is 1010 g/mol. The van der Waals surface area contributed by atoms with Gasteiger partial charge in [0.15, 0.2) is 30.9 Å². The van der Waals surface area contributed by atoms with E-state index in [0.717, 1.165) is 12.8 Å². The van der Waals surface area contributed by atoms with Crippen molar-refractivity contribution in [1.29, 1.82) is 0 Å². The third-order valence-electron chi connectivity index (χ3n) is 20.0. The van der Waals surface area contributed by atoms with E-state index in [4.69, 9.17) is 42.6 Å². The van der Waals surface area contributed by atoms with Crippen LogP contribution in [0.25, 0.3) is 0 Å². The number of aliphatic hydroxyl groups is 15. The maximum Gasteiger partial charge on any atom is 0.187 e. The highest BCUT2D eigenvalue weighted by molar-refractivity contribution is 5.87. The van der Waals surface area contributed by atoms with Crippen LogP contribution in [0.1, 0.15) is 85.5 Å². The minimum Gasteiger partial charge on any atom is -0.394 e. The van der Waals surface area contributed by atoms with E-state index in [1.54, 1.807) is 0 Å². The molecule has 0 unspecified atom stereocenters. The maximum absolute atomic E-state index is 14.8. The molecule has 0 aromatic rings. The van der Waals surface area contributed by atoms with Gasteiger partial charge in [0.05, 0.1) is 45.2 Å². The molecule has 25 heteroatoms.